The number of hydrogen-bond donors (Lipinski definition) is 2. The van der Waals surface area contributed by atoms with Gasteiger partial charge in [-0.2, -0.15) is 0 Å². The van der Waals surface area contributed by atoms with E-state index < -0.39 is 22.8 Å². The summed E-state index contributed by atoms with van der Waals surface area (Å²) in [5.41, 5.74) is 0.893. The molecule has 2 unspecified atom stereocenters. The lowest BCUT2D eigenvalue weighted by atomic mass is 10.2. The van der Waals surface area contributed by atoms with Crippen LogP contribution in [0.1, 0.15) is 32.8 Å². The van der Waals surface area contributed by atoms with Crippen molar-refractivity contribution in [1.82, 2.24) is 9.81 Å². The van der Waals surface area contributed by atoms with Crippen molar-refractivity contribution in [1.29, 1.82) is 0 Å². The Hall–Kier alpha value is -1.02. The van der Waals surface area contributed by atoms with Crippen molar-refractivity contribution in [2.75, 3.05) is 6.61 Å². The number of benzene rings is 1. The predicted octanol–water partition coefficient (Wildman–Crippen LogP) is 3.66. The number of nitrogens with one attached hydrogen (secondary N) is 2. The molecule has 136 valence electrons. The minimum absolute atomic E-state index is 0.0172. The van der Waals surface area contributed by atoms with E-state index in [0.717, 1.165) is 23.4 Å². The van der Waals surface area contributed by atoms with Crippen LogP contribution >= 0.6 is 18.1 Å². The number of urea groups is 1. The predicted molar refractivity (Wildman–Crippen MR) is 96.6 cm³/mol. The van der Waals surface area contributed by atoms with Crippen molar-refractivity contribution in [2.24, 2.45) is 0 Å². The molecule has 0 spiro atoms. The fraction of sp³-hybridized carbons (Fsp3) is 0.500. The standard InChI is InChI=1S/C14H23N2O5PS2/c1-5-12(4)23-22(18,21-6-2)15-14(17)16-24(19,20)13-9-7-11(3)8-10-13/h7-10,12H,5-6H2,1-4H3,(H2,15,16,17,18). The Labute approximate surface area is 147 Å². The normalized spacial score (nSPS) is 15.3. The van der Waals surface area contributed by atoms with Gasteiger partial charge in [0.05, 0.1) is 11.5 Å². The second-order valence-electron chi connectivity index (χ2n) is 5.10. The van der Waals surface area contributed by atoms with Crippen LogP contribution in [0.2, 0.25) is 0 Å². The van der Waals surface area contributed by atoms with E-state index in [4.69, 9.17) is 4.52 Å². The van der Waals surface area contributed by atoms with Crippen molar-refractivity contribution in [3.8, 4) is 0 Å². The van der Waals surface area contributed by atoms with Crippen LogP contribution in [0.4, 0.5) is 4.79 Å². The van der Waals surface area contributed by atoms with Gasteiger partial charge in [0.25, 0.3) is 10.0 Å². The van der Waals surface area contributed by atoms with E-state index in [1.807, 2.05) is 25.5 Å². The first-order chi connectivity index (χ1) is 11.1. The number of aryl methyl sites for hydroxylation is 1. The van der Waals surface area contributed by atoms with Crippen LogP contribution < -0.4 is 9.81 Å². The number of sulfonamides is 1. The van der Waals surface area contributed by atoms with Crippen molar-refractivity contribution in [3.63, 3.8) is 0 Å². The summed E-state index contributed by atoms with van der Waals surface area (Å²) in [5.74, 6) is 0. The third-order valence-electron chi connectivity index (χ3n) is 2.99. The maximum atomic E-state index is 12.6. The molecule has 1 aromatic rings. The Morgan fingerprint density at radius 2 is 1.88 bits per heavy atom. The summed E-state index contributed by atoms with van der Waals surface area (Å²) in [6.45, 7) is 3.81. The molecule has 2 atom stereocenters. The molecule has 0 aliphatic heterocycles. The fourth-order valence-corrected chi connectivity index (χ4v) is 6.82. The second kappa shape index (κ2) is 8.89. The Kier molecular flexibility index (Phi) is 7.79. The lowest BCUT2D eigenvalue weighted by Crippen LogP contribution is -2.37. The summed E-state index contributed by atoms with van der Waals surface area (Å²) in [4.78, 5) is 11.9. The third kappa shape index (κ3) is 6.47. The van der Waals surface area contributed by atoms with Crippen molar-refractivity contribution < 1.29 is 22.3 Å². The van der Waals surface area contributed by atoms with Crippen LogP contribution in [-0.4, -0.2) is 26.3 Å². The second-order valence-corrected chi connectivity index (χ2v) is 11.3. The maximum Gasteiger partial charge on any atom is 0.354 e. The summed E-state index contributed by atoms with van der Waals surface area (Å²) in [7, 11) is -4.05. The molecule has 0 aliphatic rings. The Morgan fingerprint density at radius 1 is 1.29 bits per heavy atom. The van der Waals surface area contributed by atoms with Gasteiger partial charge in [-0.1, -0.05) is 31.5 Å². The van der Waals surface area contributed by atoms with Gasteiger partial charge in [-0.05, 0) is 43.8 Å². The number of carbonyl (C=O) groups excluding carboxylic acids is 1. The van der Waals surface area contributed by atoms with E-state index in [1.165, 1.54) is 12.1 Å². The van der Waals surface area contributed by atoms with Gasteiger partial charge in [0, 0.05) is 5.25 Å². The molecule has 0 bridgehead atoms. The fourth-order valence-electron chi connectivity index (χ4n) is 1.62. The van der Waals surface area contributed by atoms with E-state index in [9.17, 15) is 17.8 Å². The van der Waals surface area contributed by atoms with Gasteiger partial charge >= 0.3 is 12.8 Å². The molecule has 0 saturated carbocycles. The first kappa shape index (κ1) is 21.0. The van der Waals surface area contributed by atoms with Crippen molar-refractivity contribution in [3.05, 3.63) is 29.8 Å². The Morgan fingerprint density at radius 3 is 2.38 bits per heavy atom. The molecule has 10 heteroatoms. The lowest BCUT2D eigenvalue weighted by Gasteiger charge is -2.20. The molecule has 0 saturated heterocycles. The first-order valence-corrected chi connectivity index (χ1v) is 12.1. The van der Waals surface area contributed by atoms with Gasteiger partial charge in [0.2, 0.25) is 0 Å². The van der Waals surface area contributed by atoms with Crippen LogP contribution in [0.15, 0.2) is 29.2 Å². The molecule has 7 nitrogen and oxygen atoms in total. The molecule has 1 aromatic carbocycles. The molecular formula is C14H23N2O5PS2. The summed E-state index contributed by atoms with van der Waals surface area (Å²) >= 11 is 0.990. The van der Waals surface area contributed by atoms with E-state index >= 15 is 0 Å². The van der Waals surface area contributed by atoms with Crippen LogP contribution in [0.25, 0.3) is 0 Å². The zero-order valence-electron chi connectivity index (χ0n) is 14.1. The molecule has 1 rings (SSSR count). The molecule has 0 heterocycles. The number of rotatable bonds is 8. The van der Waals surface area contributed by atoms with Gasteiger partial charge in [0.15, 0.2) is 0 Å². The van der Waals surface area contributed by atoms with Crippen molar-refractivity contribution in [2.45, 2.75) is 44.3 Å². The maximum absolute atomic E-state index is 12.6. The smallest absolute Gasteiger partial charge is 0.306 e. The number of hydrogen-bond acceptors (Lipinski definition) is 6. The zero-order chi connectivity index (χ0) is 18.4. The van der Waals surface area contributed by atoms with E-state index in [0.29, 0.717) is 0 Å². The minimum Gasteiger partial charge on any atom is -0.306 e. The Bertz CT molecular complexity index is 706. The van der Waals surface area contributed by atoms with Gasteiger partial charge in [-0.3, -0.25) is 9.65 Å². The monoisotopic (exact) mass is 394 g/mol. The molecule has 2 amide bonds. The van der Waals surface area contributed by atoms with Crippen LogP contribution in [0, 0.1) is 6.92 Å². The summed E-state index contributed by atoms with van der Waals surface area (Å²) in [5, 5.41) is 2.15. The summed E-state index contributed by atoms with van der Waals surface area (Å²) in [6, 6.07) is 4.94. The molecule has 24 heavy (non-hydrogen) atoms. The highest BCUT2D eigenvalue weighted by Gasteiger charge is 2.30. The zero-order valence-corrected chi connectivity index (χ0v) is 16.6. The summed E-state index contributed by atoms with van der Waals surface area (Å²) < 4.78 is 44.0. The molecule has 0 radical (unpaired) electrons. The number of amides is 2. The minimum atomic E-state index is -4.05. The first-order valence-electron chi connectivity index (χ1n) is 7.46. The van der Waals surface area contributed by atoms with E-state index in [2.05, 4.69) is 5.09 Å². The molecule has 0 fully saturated rings. The quantitative estimate of drug-likeness (QED) is 0.653. The largest absolute Gasteiger partial charge is 0.354 e. The summed E-state index contributed by atoms with van der Waals surface area (Å²) in [6.07, 6.45) is 0.729. The molecule has 0 aromatic heterocycles. The Balaban J connectivity index is 2.85. The molecule has 0 aliphatic carbocycles. The topological polar surface area (TPSA) is 102 Å². The SMILES string of the molecule is CCOP(=O)(NC(=O)NS(=O)(=O)c1ccc(C)cc1)SC(C)CC. The van der Waals surface area contributed by atoms with Gasteiger partial charge in [-0.25, -0.2) is 17.9 Å². The van der Waals surface area contributed by atoms with E-state index in [-0.39, 0.29) is 16.8 Å². The average molecular weight is 394 g/mol. The highest BCUT2D eigenvalue weighted by molar-refractivity contribution is 8.56. The van der Waals surface area contributed by atoms with E-state index in [1.54, 1.807) is 19.1 Å². The average Bonchev–Trinajstić information content (AvgIpc) is 2.46. The molecule has 2 N–H and O–H groups in total. The van der Waals surface area contributed by atoms with Gasteiger partial charge in [-0.15, -0.1) is 0 Å². The lowest BCUT2D eigenvalue weighted by molar-refractivity contribution is 0.248. The highest BCUT2D eigenvalue weighted by atomic mass is 32.7. The van der Waals surface area contributed by atoms with Crippen LogP contribution in [0.5, 0.6) is 0 Å². The van der Waals surface area contributed by atoms with Crippen molar-refractivity contribution >= 4 is 34.2 Å². The van der Waals surface area contributed by atoms with Crippen LogP contribution in [0.3, 0.4) is 0 Å². The number of carbonyl (C=O) groups is 1. The highest BCUT2D eigenvalue weighted by Crippen LogP contribution is 2.58. The third-order valence-corrected chi connectivity index (χ3v) is 8.88. The van der Waals surface area contributed by atoms with Gasteiger partial charge in [0.1, 0.15) is 0 Å². The molecular weight excluding hydrogens is 371 g/mol. The van der Waals surface area contributed by atoms with Gasteiger partial charge < -0.3 is 4.52 Å². The van der Waals surface area contributed by atoms with Crippen LogP contribution in [-0.2, 0) is 19.1 Å².